The number of carbonyl (C=O) groups is 1. The van der Waals surface area contributed by atoms with Gasteiger partial charge >= 0.3 is 0 Å². The zero-order valence-electron chi connectivity index (χ0n) is 18.4. The van der Waals surface area contributed by atoms with Gasteiger partial charge in [-0.05, 0) is 44.1 Å². The van der Waals surface area contributed by atoms with E-state index in [4.69, 9.17) is 4.99 Å². The van der Waals surface area contributed by atoms with Crippen LogP contribution in [0.1, 0.15) is 44.6 Å². The third kappa shape index (κ3) is 5.86. The first-order valence-corrected chi connectivity index (χ1v) is 10.7. The van der Waals surface area contributed by atoms with Crippen LogP contribution < -0.4 is 5.32 Å². The van der Waals surface area contributed by atoms with Gasteiger partial charge in [0.05, 0.1) is 18.2 Å². The molecular formula is C21H37IN6O. The Hall–Kier alpha value is -1.32. The Balaban J connectivity index is 0.00000300. The minimum atomic E-state index is -0.307. The molecule has 3 rings (SSSR count). The Morgan fingerprint density at radius 1 is 1.38 bits per heavy atom. The molecule has 0 spiro atoms. The molecule has 2 aliphatic rings. The highest BCUT2D eigenvalue weighted by Gasteiger charge is 2.42. The maximum Gasteiger partial charge on any atom is 0.230 e. The monoisotopic (exact) mass is 516 g/mol. The third-order valence-electron chi connectivity index (χ3n) is 6.16. The summed E-state index contributed by atoms with van der Waals surface area (Å²) in [6.45, 7) is 5.57. The van der Waals surface area contributed by atoms with Crippen LogP contribution in [-0.4, -0.2) is 71.7 Å². The number of amides is 1. The highest BCUT2D eigenvalue weighted by molar-refractivity contribution is 14.0. The second kappa shape index (κ2) is 10.6. The summed E-state index contributed by atoms with van der Waals surface area (Å²) < 4.78 is 1.87. The van der Waals surface area contributed by atoms with Crippen LogP contribution in [0.3, 0.4) is 0 Å². The number of hydrogen-bond acceptors (Lipinski definition) is 3. The average Bonchev–Trinajstić information content (AvgIpc) is 3.40. The zero-order chi connectivity index (χ0) is 20.1. The van der Waals surface area contributed by atoms with E-state index in [2.05, 4.69) is 28.4 Å². The van der Waals surface area contributed by atoms with Crippen LogP contribution in [0, 0.1) is 11.3 Å². The molecule has 7 nitrogen and oxygen atoms in total. The Morgan fingerprint density at radius 3 is 2.69 bits per heavy atom. The van der Waals surface area contributed by atoms with Gasteiger partial charge < -0.3 is 15.1 Å². The van der Waals surface area contributed by atoms with Gasteiger partial charge in [-0.15, -0.1) is 24.0 Å². The SMILES string of the molecule is CCNC(=NCC1(C(=O)N(C)C)CCCC1)N1CCC(Cc2cnn(C)c2)C1.I. The summed E-state index contributed by atoms with van der Waals surface area (Å²) in [5, 5.41) is 7.74. The molecular weight excluding hydrogens is 479 g/mol. The Labute approximate surface area is 192 Å². The molecule has 164 valence electrons. The van der Waals surface area contributed by atoms with Gasteiger partial charge in [0.1, 0.15) is 0 Å². The van der Waals surface area contributed by atoms with Gasteiger partial charge in [-0.2, -0.15) is 5.10 Å². The highest BCUT2D eigenvalue weighted by Crippen LogP contribution is 2.40. The van der Waals surface area contributed by atoms with Crippen LogP contribution >= 0.6 is 24.0 Å². The Kier molecular flexibility index (Phi) is 8.78. The quantitative estimate of drug-likeness (QED) is 0.359. The summed E-state index contributed by atoms with van der Waals surface area (Å²) in [4.78, 5) is 21.9. The second-order valence-corrected chi connectivity index (χ2v) is 8.68. The zero-order valence-corrected chi connectivity index (χ0v) is 20.7. The first-order valence-electron chi connectivity index (χ1n) is 10.7. The molecule has 1 unspecified atom stereocenters. The fourth-order valence-electron chi connectivity index (χ4n) is 4.72. The van der Waals surface area contributed by atoms with Gasteiger partial charge in [-0.3, -0.25) is 14.5 Å². The van der Waals surface area contributed by atoms with Gasteiger partial charge in [-0.1, -0.05) is 12.8 Å². The lowest BCUT2D eigenvalue weighted by Crippen LogP contribution is -2.44. The third-order valence-corrected chi connectivity index (χ3v) is 6.16. The van der Waals surface area contributed by atoms with Crippen LogP contribution in [0.2, 0.25) is 0 Å². The second-order valence-electron chi connectivity index (χ2n) is 8.68. The maximum atomic E-state index is 12.8. The van der Waals surface area contributed by atoms with Crippen molar-refractivity contribution in [3.63, 3.8) is 0 Å². The molecule has 1 aromatic rings. The number of aryl methyl sites for hydroxylation is 1. The standard InChI is InChI=1S/C21H36N6O.HI/c1-5-22-20(23-16-21(9-6-7-10-21)19(28)25(2)3)27-11-8-17(15-27)12-18-13-24-26(4)14-18;/h13-14,17H,5-12,15-16H2,1-4H3,(H,22,23);1H. The fraction of sp³-hybridized carbons (Fsp3) is 0.762. The molecule has 2 heterocycles. The van der Waals surface area contributed by atoms with Gasteiger partial charge in [0.2, 0.25) is 5.91 Å². The van der Waals surface area contributed by atoms with Gasteiger partial charge in [-0.25, -0.2) is 0 Å². The number of nitrogens with zero attached hydrogens (tertiary/aromatic N) is 5. The van der Waals surface area contributed by atoms with Crippen molar-refractivity contribution < 1.29 is 4.79 Å². The lowest BCUT2D eigenvalue weighted by Gasteiger charge is -2.30. The van der Waals surface area contributed by atoms with E-state index in [9.17, 15) is 4.79 Å². The summed E-state index contributed by atoms with van der Waals surface area (Å²) in [7, 11) is 5.69. The van der Waals surface area contributed by atoms with E-state index in [0.717, 1.165) is 57.7 Å². The van der Waals surface area contributed by atoms with Gasteiger partial charge in [0, 0.05) is 47.0 Å². The number of nitrogens with one attached hydrogen (secondary N) is 1. The Morgan fingerprint density at radius 2 is 2.10 bits per heavy atom. The van der Waals surface area contributed by atoms with Crippen LogP contribution in [-0.2, 0) is 18.3 Å². The number of carbonyl (C=O) groups excluding carboxylic acids is 1. The molecule has 1 saturated carbocycles. The van der Waals surface area contributed by atoms with Crippen molar-refractivity contribution in [2.45, 2.75) is 45.4 Å². The van der Waals surface area contributed by atoms with E-state index < -0.39 is 0 Å². The highest BCUT2D eigenvalue weighted by atomic mass is 127. The molecule has 1 saturated heterocycles. The van der Waals surface area contributed by atoms with E-state index in [0.29, 0.717) is 12.5 Å². The number of hydrogen-bond donors (Lipinski definition) is 1. The summed E-state index contributed by atoms with van der Waals surface area (Å²) in [6.07, 6.45) is 10.5. The number of likely N-dealkylation sites (tertiary alicyclic amines) is 1. The van der Waals surface area contributed by atoms with Crippen molar-refractivity contribution in [3.8, 4) is 0 Å². The molecule has 1 amide bonds. The normalized spacial score (nSPS) is 21.2. The minimum Gasteiger partial charge on any atom is -0.357 e. The molecule has 1 aromatic heterocycles. The van der Waals surface area contributed by atoms with Crippen LogP contribution in [0.4, 0.5) is 0 Å². The number of halogens is 1. The molecule has 1 aliphatic carbocycles. The smallest absolute Gasteiger partial charge is 0.230 e. The molecule has 0 radical (unpaired) electrons. The summed E-state index contributed by atoms with van der Waals surface area (Å²) in [5.41, 5.74) is 0.997. The molecule has 1 aliphatic heterocycles. The molecule has 2 fully saturated rings. The molecule has 0 aromatic carbocycles. The van der Waals surface area contributed by atoms with Crippen LogP contribution in [0.25, 0.3) is 0 Å². The van der Waals surface area contributed by atoms with Crippen molar-refractivity contribution in [3.05, 3.63) is 18.0 Å². The first-order chi connectivity index (χ1) is 13.4. The predicted octanol–water partition coefficient (Wildman–Crippen LogP) is 2.52. The van der Waals surface area contributed by atoms with Crippen molar-refractivity contribution >= 4 is 35.8 Å². The minimum absolute atomic E-state index is 0. The number of rotatable bonds is 6. The lowest BCUT2D eigenvalue weighted by molar-refractivity contribution is -0.138. The van der Waals surface area contributed by atoms with Crippen LogP contribution in [0.5, 0.6) is 0 Å². The summed E-state index contributed by atoms with van der Waals surface area (Å²) in [6, 6.07) is 0. The number of aliphatic imine (C=N–C) groups is 1. The topological polar surface area (TPSA) is 65.8 Å². The van der Waals surface area contributed by atoms with Crippen molar-refractivity contribution in [2.24, 2.45) is 23.4 Å². The Bertz CT molecular complexity index is 695. The predicted molar refractivity (Wildman–Crippen MR) is 128 cm³/mol. The summed E-state index contributed by atoms with van der Waals surface area (Å²) >= 11 is 0. The summed E-state index contributed by atoms with van der Waals surface area (Å²) in [5.74, 6) is 1.83. The number of aromatic nitrogens is 2. The maximum absolute atomic E-state index is 12.8. The van der Waals surface area contributed by atoms with E-state index in [1.807, 2.05) is 32.0 Å². The van der Waals surface area contributed by atoms with E-state index in [1.54, 1.807) is 4.90 Å². The largest absolute Gasteiger partial charge is 0.357 e. The van der Waals surface area contributed by atoms with Gasteiger partial charge in [0.15, 0.2) is 5.96 Å². The molecule has 1 atom stereocenters. The van der Waals surface area contributed by atoms with Gasteiger partial charge in [0.25, 0.3) is 0 Å². The molecule has 1 N–H and O–H groups in total. The van der Waals surface area contributed by atoms with Crippen molar-refractivity contribution in [1.29, 1.82) is 0 Å². The van der Waals surface area contributed by atoms with E-state index in [-0.39, 0.29) is 35.3 Å². The molecule has 29 heavy (non-hydrogen) atoms. The van der Waals surface area contributed by atoms with E-state index in [1.165, 1.54) is 12.0 Å². The number of guanidine groups is 1. The van der Waals surface area contributed by atoms with Crippen molar-refractivity contribution in [2.75, 3.05) is 40.3 Å². The molecule has 0 bridgehead atoms. The fourth-order valence-corrected chi connectivity index (χ4v) is 4.72. The average molecular weight is 516 g/mol. The van der Waals surface area contributed by atoms with E-state index >= 15 is 0 Å². The van der Waals surface area contributed by atoms with Crippen LogP contribution in [0.15, 0.2) is 17.4 Å². The lowest BCUT2D eigenvalue weighted by atomic mass is 9.85. The first kappa shape index (κ1) is 24.0. The van der Waals surface area contributed by atoms with Crippen molar-refractivity contribution in [1.82, 2.24) is 24.9 Å². The molecule has 8 heteroatoms.